The van der Waals surface area contributed by atoms with E-state index in [1.54, 1.807) is 12.3 Å². The van der Waals surface area contributed by atoms with E-state index in [2.05, 4.69) is 10.3 Å². The molecule has 0 spiro atoms. The van der Waals surface area contributed by atoms with Crippen molar-refractivity contribution in [3.8, 4) is 0 Å². The smallest absolute Gasteiger partial charge is 0.125 e. The zero-order chi connectivity index (χ0) is 14.8. The number of aryl methyl sites for hydroxylation is 1. The van der Waals surface area contributed by atoms with Crippen LogP contribution in [0.15, 0.2) is 48.7 Å². The molecule has 0 aliphatic carbocycles. The quantitative estimate of drug-likeness (QED) is 0.740. The molecule has 0 bridgehead atoms. The van der Waals surface area contributed by atoms with Crippen LogP contribution in [0.25, 0.3) is 10.9 Å². The Morgan fingerprint density at radius 2 is 2.05 bits per heavy atom. The van der Waals surface area contributed by atoms with Crippen molar-refractivity contribution in [2.75, 3.05) is 5.32 Å². The average molecular weight is 301 g/mol. The van der Waals surface area contributed by atoms with Crippen molar-refractivity contribution in [3.05, 3.63) is 70.6 Å². The van der Waals surface area contributed by atoms with Gasteiger partial charge in [0.1, 0.15) is 5.82 Å². The molecule has 0 fully saturated rings. The lowest BCUT2D eigenvalue weighted by atomic mass is 10.1. The van der Waals surface area contributed by atoms with Gasteiger partial charge in [0.05, 0.1) is 5.52 Å². The third-order valence-electron chi connectivity index (χ3n) is 3.38. The van der Waals surface area contributed by atoms with Crippen LogP contribution in [0.4, 0.5) is 10.1 Å². The van der Waals surface area contributed by atoms with Crippen LogP contribution >= 0.6 is 11.6 Å². The van der Waals surface area contributed by atoms with E-state index >= 15 is 0 Å². The average Bonchev–Trinajstić information content (AvgIpc) is 2.46. The predicted octanol–water partition coefficient (Wildman–Crippen LogP) is 4.95. The molecule has 0 amide bonds. The summed E-state index contributed by atoms with van der Waals surface area (Å²) in [5.41, 5.74) is 3.88. The van der Waals surface area contributed by atoms with E-state index in [1.165, 1.54) is 12.1 Å². The van der Waals surface area contributed by atoms with Gasteiger partial charge in [0, 0.05) is 28.8 Å². The number of benzene rings is 2. The second-order valence-corrected chi connectivity index (χ2v) is 5.40. The van der Waals surface area contributed by atoms with Crippen molar-refractivity contribution in [1.29, 1.82) is 0 Å². The second-order valence-electron chi connectivity index (χ2n) is 4.96. The molecule has 0 aliphatic rings. The number of nitrogens with one attached hydrogen (secondary N) is 1. The zero-order valence-corrected chi connectivity index (χ0v) is 12.3. The molecule has 21 heavy (non-hydrogen) atoms. The molecule has 0 radical (unpaired) electrons. The van der Waals surface area contributed by atoms with E-state index in [1.807, 2.05) is 31.2 Å². The Kier molecular flexibility index (Phi) is 3.76. The number of hydrogen-bond acceptors (Lipinski definition) is 2. The highest BCUT2D eigenvalue weighted by Gasteiger charge is 2.05. The summed E-state index contributed by atoms with van der Waals surface area (Å²) in [6.45, 7) is 2.54. The zero-order valence-electron chi connectivity index (χ0n) is 11.5. The molecular weight excluding hydrogens is 287 g/mol. The highest BCUT2D eigenvalue weighted by atomic mass is 35.5. The standard InChI is InChI=1S/C17H14ClFN2/c1-11-4-5-16(15-3-2-6-20-17(11)15)21-10-12-7-13(18)9-14(19)8-12/h2-9,21H,10H2,1H3. The molecule has 1 heterocycles. The minimum atomic E-state index is -0.324. The summed E-state index contributed by atoms with van der Waals surface area (Å²) in [5.74, 6) is -0.324. The van der Waals surface area contributed by atoms with Crippen molar-refractivity contribution < 1.29 is 4.39 Å². The maximum atomic E-state index is 13.3. The van der Waals surface area contributed by atoms with Gasteiger partial charge in [-0.2, -0.15) is 0 Å². The lowest BCUT2D eigenvalue weighted by Crippen LogP contribution is -2.01. The molecule has 0 aliphatic heterocycles. The molecule has 0 saturated carbocycles. The molecule has 2 nitrogen and oxygen atoms in total. The Hall–Kier alpha value is -2.13. The van der Waals surface area contributed by atoms with Gasteiger partial charge in [0.25, 0.3) is 0 Å². The maximum absolute atomic E-state index is 13.3. The van der Waals surface area contributed by atoms with E-state index in [9.17, 15) is 4.39 Å². The highest BCUT2D eigenvalue weighted by molar-refractivity contribution is 6.30. The summed E-state index contributed by atoms with van der Waals surface area (Å²) in [7, 11) is 0. The Balaban J connectivity index is 1.90. The molecular formula is C17H14ClFN2. The van der Waals surface area contributed by atoms with E-state index in [4.69, 9.17) is 11.6 Å². The Bertz CT molecular complexity index is 782. The monoisotopic (exact) mass is 300 g/mol. The molecule has 0 unspecified atom stereocenters. The van der Waals surface area contributed by atoms with Crippen LogP contribution in [0.1, 0.15) is 11.1 Å². The van der Waals surface area contributed by atoms with Gasteiger partial charge >= 0.3 is 0 Å². The second kappa shape index (κ2) is 5.70. The van der Waals surface area contributed by atoms with Crippen molar-refractivity contribution in [2.24, 2.45) is 0 Å². The molecule has 0 atom stereocenters. The van der Waals surface area contributed by atoms with Gasteiger partial charge in [-0.3, -0.25) is 4.98 Å². The SMILES string of the molecule is Cc1ccc(NCc2cc(F)cc(Cl)c2)c2cccnc12. The van der Waals surface area contributed by atoms with Crippen LogP contribution in [-0.2, 0) is 6.54 Å². The highest BCUT2D eigenvalue weighted by Crippen LogP contribution is 2.25. The molecule has 3 aromatic rings. The fraction of sp³-hybridized carbons (Fsp3) is 0.118. The summed E-state index contributed by atoms with van der Waals surface area (Å²) in [5, 5.41) is 4.78. The maximum Gasteiger partial charge on any atom is 0.125 e. The minimum Gasteiger partial charge on any atom is -0.380 e. The van der Waals surface area contributed by atoms with Crippen molar-refractivity contribution >= 4 is 28.2 Å². The molecule has 3 rings (SSSR count). The van der Waals surface area contributed by atoms with Crippen LogP contribution in [-0.4, -0.2) is 4.98 Å². The van der Waals surface area contributed by atoms with Crippen LogP contribution in [0.2, 0.25) is 5.02 Å². The lowest BCUT2D eigenvalue weighted by molar-refractivity contribution is 0.626. The third kappa shape index (κ3) is 2.98. The topological polar surface area (TPSA) is 24.9 Å². The van der Waals surface area contributed by atoms with Crippen LogP contribution < -0.4 is 5.32 Å². The number of hydrogen-bond donors (Lipinski definition) is 1. The first-order valence-electron chi connectivity index (χ1n) is 6.66. The minimum absolute atomic E-state index is 0.324. The number of nitrogens with zero attached hydrogens (tertiary/aromatic N) is 1. The first-order chi connectivity index (χ1) is 10.1. The van der Waals surface area contributed by atoms with Gasteiger partial charge in [-0.1, -0.05) is 17.7 Å². The van der Waals surface area contributed by atoms with Crippen molar-refractivity contribution in [3.63, 3.8) is 0 Å². The molecule has 1 N–H and O–H groups in total. The molecule has 1 aromatic heterocycles. The summed E-state index contributed by atoms with van der Waals surface area (Å²) in [4.78, 5) is 4.40. The largest absolute Gasteiger partial charge is 0.380 e. The van der Waals surface area contributed by atoms with Gasteiger partial charge < -0.3 is 5.32 Å². The number of aromatic nitrogens is 1. The van der Waals surface area contributed by atoms with Crippen molar-refractivity contribution in [2.45, 2.75) is 13.5 Å². The number of halogens is 2. The van der Waals surface area contributed by atoms with Gasteiger partial charge in [0.2, 0.25) is 0 Å². The molecule has 4 heteroatoms. The molecule has 2 aromatic carbocycles. The van der Waals surface area contributed by atoms with Crippen LogP contribution in [0.5, 0.6) is 0 Å². The fourth-order valence-electron chi connectivity index (χ4n) is 2.38. The normalized spacial score (nSPS) is 10.8. The number of anilines is 1. The van der Waals surface area contributed by atoms with Gasteiger partial charge in [-0.05, 0) is 54.4 Å². The summed E-state index contributed by atoms with van der Waals surface area (Å²) >= 11 is 5.87. The first-order valence-corrected chi connectivity index (χ1v) is 7.04. The first kappa shape index (κ1) is 13.8. The van der Waals surface area contributed by atoms with Crippen LogP contribution in [0.3, 0.4) is 0 Å². The third-order valence-corrected chi connectivity index (χ3v) is 3.59. The van der Waals surface area contributed by atoms with Crippen molar-refractivity contribution in [1.82, 2.24) is 4.98 Å². The van der Waals surface area contributed by atoms with E-state index in [0.717, 1.165) is 27.7 Å². The van der Waals surface area contributed by atoms with E-state index < -0.39 is 0 Å². The van der Waals surface area contributed by atoms with E-state index in [0.29, 0.717) is 11.6 Å². The Labute approximate surface area is 127 Å². The number of pyridine rings is 1. The Morgan fingerprint density at radius 3 is 2.86 bits per heavy atom. The number of rotatable bonds is 3. The van der Waals surface area contributed by atoms with Gasteiger partial charge in [0.15, 0.2) is 0 Å². The van der Waals surface area contributed by atoms with Gasteiger partial charge in [-0.25, -0.2) is 4.39 Å². The lowest BCUT2D eigenvalue weighted by Gasteiger charge is -2.11. The summed E-state index contributed by atoms with van der Waals surface area (Å²) in [6.07, 6.45) is 1.78. The molecule has 106 valence electrons. The summed E-state index contributed by atoms with van der Waals surface area (Å²) < 4.78 is 13.3. The fourth-order valence-corrected chi connectivity index (χ4v) is 2.62. The predicted molar refractivity (Wildman–Crippen MR) is 85.2 cm³/mol. The molecule has 0 saturated heterocycles. The van der Waals surface area contributed by atoms with E-state index in [-0.39, 0.29) is 5.82 Å². The van der Waals surface area contributed by atoms with Crippen LogP contribution in [0, 0.1) is 12.7 Å². The summed E-state index contributed by atoms with van der Waals surface area (Å²) in [6, 6.07) is 12.5. The Morgan fingerprint density at radius 1 is 1.19 bits per heavy atom. The number of fused-ring (bicyclic) bond motifs is 1. The van der Waals surface area contributed by atoms with Gasteiger partial charge in [-0.15, -0.1) is 0 Å².